The first-order valence-corrected chi connectivity index (χ1v) is 4.26. The van der Waals surface area contributed by atoms with Gasteiger partial charge in [0.15, 0.2) is 0 Å². The van der Waals surface area contributed by atoms with Crippen LogP contribution in [0.15, 0.2) is 60.7 Å². The molecule has 3 heteroatoms. The minimum atomic E-state index is -0.833. The van der Waals surface area contributed by atoms with E-state index in [2.05, 4.69) is 0 Å². The molecule has 1 N–H and O–H groups in total. The Bertz CT molecular complexity index is 221. The molecule has 0 fully saturated rings. The van der Waals surface area contributed by atoms with E-state index < -0.39 is 5.97 Å². The predicted molar refractivity (Wildman–Crippen MR) is 57.4 cm³/mol. The predicted octanol–water partition coefficient (Wildman–Crippen LogP) is 2.90. The zero-order valence-electron chi connectivity index (χ0n) is 8.58. The van der Waals surface area contributed by atoms with Crippen LogP contribution in [0.3, 0.4) is 0 Å². The summed E-state index contributed by atoms with van der Waals surface area (Å²) in [6, 6.07) is 20.0. The maximum atomic E-state index is 9.00. The van der Waals surface area contributed by atoms with Gasteiger partial charge in [-0.25, -0.2) is 12.1 Å². The van der Waals surface area contributed by atoms with E-state index in [9.17, 15) is 0 Å². The number of rotatable bonds is 0. The summed E-state index contributed by atoms with van der Waals surface area (Å²) in [5.41, 5.74) is 0. The molecule has 0 aliphatic rings. The molecule has 85 valence electrons. The van der Waals surface area contributed by atoms with Crippen molar-refractivity contribution >= 4 is 5.97 Å². The van der Waals surface area contributed by atoms with Crippen molar-refractivity contribution < 1.29 is 28.5 Å². The van der Waals surface area contributed by atoms with E-state index in [4.69, 9.17) is 9.90 Å². The number of carboxylic acids is 1. The Morgan fingerprint density at radius 1 is 1.00 bits per heavy atom. The van der Waals surface area contributed by atoms with Gasteiger partial charge in [-0.1, -0.05) is 0 Å². The van der Waals surface area contributed by atoms with Gasteiger partial charge in [0.25, 0.3) is 5.97 Å². The van der Waals surface area contributed by atoms with Crippen molar-refractivity contribution in [2.45, 2.75) is 6.92 Å². The van der Waals surface area contributed by atoms with Crippen LogP contribution < -0.4 is 0 Å². The van der Waals surface area contributed by atoms with E-state index >= 15 is 0 Å². The third kappa shape index (κ3) is 19.2. The number of carboxylic acid groups (broad SMARTS) is 1. The minimum absolute atomic E-state index is 0. The second-order valence-electron chi connectivity index (χ2n) is 2.44. The molecule has 0 atom stereocenters. The van der Waals surface area contributed by atoms with E-state index in [0.717, 1.165) is 6.92 Å². The van der Waals surface area contributed by atoms with E-state index in [1.807, 2.05) is 60.7 Å². The normalized spacial score (nSPS) is 7.00. The molecule has 2 rings (SSSR count). The van der Waals surface area contributed by atoms with Crippen LogP contribution in [0, 0.1) is 0 Å². The fourth-order valence-electron chi connectivity index (χ4n) is 0.642. The Hall–Kier alpha value is -1.25. The maximum absolute atomic E-state index is 9.00. The monoisotopic (exact) mass is 241 g/mol. The summed E-state index contributed by atoms with van der Waals surface area (Å²) in [6.07, 6.45) is 0. The average molecular weight is 241 g/mol. The van der Waals surface area contributed by atoms with Crippen molar-refractivity contribution in [2.24, 2.45) is 0 Å². The van der Waals surface area contributed by atoms with Crippen molar-refractivity contribution in [3.05, 3.63) is 60.7 Å². The van der Waals surface area contributed by atoms with Crippen LogP contribution in [-0.4, -0.2) is 11.1 Å². The minimum Gasteiger partial charge on any atom is -0.748 e. The van der Waals surface area contributed by atoms with Crippen LogP contribution in [0.25, 0.3) is 0 Å². The largest absolute Gasteiger partial charge is 0.748 e. The summed E-state index contributed by atoms with van der Waals surface area (Å²) in [6.45, 7) is 1.08. The quantitative estimate of drug-likeness (QED) is 0.720. The van der Waals surface area contributed by atoms with Crippen molar-refractivity contribution in [3.63, 3.8) is 0 Å². The van der Waals surface area contributed by atoms with Crippen LogP contribution in [0.2, 0.25) is 0 Å². The topological polar surface area (TPSA) is 37.3 Å². The molecule has 2 nitrogen and oxygen atoms in total. The Balaban J connectivity index is 0. The van der Waals surface area contributed by atoms with E-state index in [1.165, 1.54) is 0 Å². The van der Waals surface area contributed by atoms with Gasteiger partial charge in [-0.15, -0.1) is 0 Å². The fraction of sp³-hybridized carbons (Fsp3) is 0.0833. The molecule has 0 aromatic heterocycles. The van der Waals surface area contributed by atoms with Crippen molar-refractivity contribution in [3.8, 4) is 0 Å². The number of aliphatic carboxylic acids is 1. The van der Waals surface area contributed by atoms with Crippen LogP contribution in [0.4, 0.5) is 0 Å². The summed E-state index contributed by atoms with van der Waals surface area (Å²) in [7, 11) is 0. The number of carbonyl (C=O) groups is 1. The standard InChI is InChI=1S/2C5H5.C2H4O2.V/c2*1-2-4-5-3-1;1-2(3)4;/h2*1-5H;1H3,(H,3,4);/q-5;-1;;. The fourth-order valence-corrected chi connectivity index (χ4v) is 0.642. The SMILES string of the molecule is CC(=O)O.[V].[cH-]1[cH-][cH-][cH-][cH-]1.c1cc[cH-]c1. The first-order valence-electron chi connectivity index (χ1n) is 4.26. The third-order valence-electron chi connectivity index (χ3n) is 1.11. The maximum Gasteiger partial charge on any atom is 0.300 e. The molecule has 0 amide bonds. The molecule has 2 aromatic rings. The number of hydrogen-bond donors (Lipinski definition) is 1. The Labute approximate surface area is 102 Å². The molecule has 1 radical (unpaired) electrons. The van der Waals surface area contributed by atoms with Gasteiger partial charge in [0.2, 0.25) is 0 Å². The molecule has 0 aliphatic heterocycles. The van der Waals surface area contributed by atoms with Gasteiger partial charge in [0.05, 0.1) is 0 Å². The first kappa shape index (κ1) is 16.2. The molecule has 0 bridgehead atoms. The molecule has 15 heavy (non-hydrogen) atoms. The summed E-state index contributed by atoms with van der Waals surface area (Å²) < 4.78 is 0. The van der Waals surface area contributed by atoms with Gasteiger partial charge in [0.1, 0.15) is 0 Å². The van der Waals surface area contributed by atoms with Crippen molar-refractivity contribution in [1.82, 2.24) is 0 Å². The molecule has 0 saturated carbocycles. The summed E-state index contributed by atoms with van der Waals surface area (Å²) in [4.78, 5) is 9.00. The first-order chi connectivity index (χ1) is 6.73. The van der Waals surface area contributed by atoms with E-state index in [-0.39, 0.29) is 18.6 Å². The number of hydrogen-bond acceptors (Lipinski definition) is 1. The third-order valence-corrected chi connectivity index (χ3v) is 1.11. The summed E-state index contributed by atoms with van der Waals surface area (Å²) >= 11 is 0. The van der Waals surface area contributed by atoms with Crippen molar-refractivity contribution in [2.75, 3.05) is 0 Å². The zero-order chi connectivity index (χ0) is 10.6. The second-order valence-corrected chi connectivity index (χ2v) is 2.44. The van der Waals surface area contributed by atoms with Crippen LogP contribution in [0.1, 0.15) is 6.92 Å². The molecule has 0 unspecified atom stereocenters. The second kappa shape index (κ2) is 12.8. The van der Waals surface area contributed by atoms with E-state index in [0.29, 0.717) is 0 Å². The van der Waals surface area contributed by atoms with E-state index in [1.54, 1.807) is 0 Å². The molecule has 0 saturated heterocycles. The Morgan fingerprint density at radius 3 is 1.40 bits per heavy atom. The van der Waals surface area contributed by atoms with Gasteiger partial charge in [-0.3, -0.25) is 4.79 Å². The van der Waals surface area contributed by atoms with Crippen LogP contribution in [-0.2, 0) is 23.4 Å². The van der Waals surface area contributed by atoms with Crippen LogP contribution in [0.5, 0.6) is 0 Å². The molecule has 0 aliphatic carbocycles. The Morgan fingerprint density at radius 2 is 1.27 bits per heavy atom. The molecular formula is C12H14O2V-6. The molecule has 0 heterocycles. The summed E-state index contributed by atoms with van der Waals surface area (Å²) in [5.74, 6) is -0.833. The summed E-state index contributed by atoms with van der Waals surface area (Å²) in [5, 5.41) is 7.42. The zero-order valence-corrected chi connectivity index (χ0v) is 9.97. The Kier molecular flexibility index (Phi) is 13.8. The van der Waals surface area contributed by atoms with Gasteiger partial charge in [-0.05, 0) is 0 Å². The van der Waals surface area contributed by atoms with Crippen LogP contribution >= 0.6 is 0 Å². The molecule has 2 aromatic carbocycles. The van der Waals surface area contributed by atoms with Crippen molar-refractivity contribution in [1.29, 1.82) is 0 Å². The van der Waals surface area contributed by atoms with Gasteiger partial charge in [0, 0.05) is 25.5 Å². The van der Waals surface area contributed by atoms with Gasteiger partial charge < -0.3 is 35.4 Å². The molecule has 0 spiro atoms. The van der Waals surface area contributed by atoms with Gasteiger partial charge in [-0.2, -0.15) is 18.2 Å². The average Bonchev–Trinajstić information content (AvgIpc) is 2.83. The smallest absolute Gasteiger partial charge is 0.300 e. The van der Waals surface area contributed by atoms with Gasteiger partial charge >= 0.3 is 0 Å². The molecular weight excluding hydrogens is 227 g/mol.